The van der Waals surface area contributed by atoms with E-state index < -0.39 is 17.5 Å². The van der Waals surface area contributed by atoms with E-state index in [4.69, 9.17) is 31.3 Å². The lowest BCUT2D eigenvalue weighted by Crippen LogP contribution is -2.34. The van der Waals surface area contributed by atoms with E-state index in [-0.39, 0.29) is 12.4 Å². The van der Waals surface area contributed by atoms with Crippen molar-refractivity contribution >= 4 is 23.4 Å². The summed E-state index contributed by atoms with van der Waals surface area (Å²) in [5.74, 6) is 0.230. The van der Waals surface area contributed by atoms with Gasteiger partial charge in [0.05, 0.1) is 17.0 Å². The number of nitrogens with one attached hydrogen (secondary N) is 2. The summed E-state index contributed by atoms with van der Waals surface area (Å²) in [5.41, 5.74) is 15.0. The number of carbonyl (C=O) groups excluding carboxylic acids is 2. The van der Waals surface area contributed by atoms with E-state index in [1.165, 1.54) is 0 Å². The lowest BCUT2D eigenvalue weighted by molar-refractivity contribution is -0.153. The van der Waals surface area contributed by atoms with Crippen LogP contribution in [0.15, 0.2) is 84.9 Å². The van der Waals surface area contributed by atoms with E-state index >= 15 is 0 Å². The molecule has 204 valence electrons. The molecule has 0 fully saturated rings. The van der Waals surface area contributed by atoms with Gasteiger partial charge in [-0.05, 0) is 75.4 Å². The third-order valence-corrected chi connectivity index (χ3v) is 5.68. The SMILES string of the molecule is CC(C)(C)OC(=O)CNC(=O)c1ccc(-c2cc(N)c(C(=N)N)c(-c3ccc(Oc4ccccc4)cc3)n2)cc1. The zero-order chi connectivity index (χ0) is 28.9. The molecule has 0 aliphatic rings. The summed E-state index contributed by atoms with van der Waals surface area (Å²) in [7, 11) is 0. The van der Waals surface area contributed by atoms with Gasteiger partial charge >= 0.3 is 5.97 Å². The number of para-hydroxylation sites is 1. The Morgan fingerprint density at radius 2 is 1.50 bits per heavy atom. The molecule has 1 aromatic heterocycles. The van der Waals surface area contributed by atoms with Crippen LogP contribution in [0.5, 0.6) is 11.5 Å². The fourth-order valence-corrected chi connectivity index (χ4v) is 3.93. The number of benzene rings is 3. The van der Waals surface area contributed by atoms with Crippen molar-refractivity contribution in [3.8, 4) is 34.0 Å². The highest BCUT2D eigenvalue weighted by molar-refractivity contribution is 6.06. The Kier molecular flexibility index (Phi) is 8.14. The highest BCUT2D eigenvalue weighted by atomic mass is 16.6. The second kappa shape index (κ2) is 11.7. The van der Waals surface area contributed by atoms with Crippen LogP contribution in [0.4, 0.5) is 5.69 Å². The number of hydrogen-bond acceptors (Lipinski definition) is 7. The van der Waals surface area contributed by atoms with E-state index in [2.05, 4.69) is 5.32 Å². The van der Waals surface area contributed by atoms with Gasteiger partial charge in [-0.1, -0.05) is 30.3 Å². The summed E-state index contributed by atoms with van der Waals surface area (Å²) in [6.45, 7) is 5.04. The number of nitrogens with two attached hydrogens (primary N) is 2. The zero-order valence-corrected chi connectivity index (χ0v) is 22.5. The third-order valence-electron chi connectivity index (χ3n) is 5.68. The van der Waals surface area contributed by atoms with Gasteiger partial charge in [0.15, 0.2) is 0 Å². The van der Waals surface area contributed by atoms with Crippen LogP contribution < -0.4 is 21.5 Å². The average molecular weight is 538 g/mol. The van der Waals surface area contributed by atoms with Crippen LogP contribution in [0, 0.1) is 5.41 Å². The van der Waals surface area contributed by atoms with Crippen LogP contribution in [0.2, 0.25) is 0 Å². The Bertz CT molecular complexity index is 1530. The Morgan fingerprint density at radius 1 is 0.900 bits per heavy atom. The molecule has 9 heteroatoms. The maximum atomic E-state index is 12.5. The summed E-state index contributed by atoms with van der Waals surface area (Å²) >= 11 is 0. The van der Waals surface area contributed by atoms with Gasteiger partial charge < -0.3 is 26.3 Å². The minimum Gasteiger partial charge on any atom is -0.459 e. The number of rotatable bonds is 8. The lowest BCUT2D eigenvalue weighted by Gasteiger charge is -2.19. The quantitative estimate of drug-likeness (QED) is 0.138. The number of pyridine rings is 1. The molecule has 1 amide bonds. The molecule has 4 aromatic rings. The van der Waals surface area contributed by atoms with E-state index in [1.807, 2.05) is 54.6 Å². The molecule has 0 radical (unpaired) electrons. The van der Waals surface area contributed by atoms with Gasteiger partial charge in [0.25, 0.3) is 5.91 Å². The molecule has 0 atom stereocenters. The minimum absolute atomic E-state index is 0.201. The van der Waals surface area contributed by atoms with E-state index in [0.29, 0.717) is 50.8 Å². The molecule has 0 bridgehead atoms. The number of aromatic nitrogens is 1. The largest absolute Gasteiger partial charge is 0.459 e. The highest BCUT2D eigenvalue weighted by Crippen LogP contribution is 2.32. The molecule has 1 heterocycles. The van der Waals surface area contributed by atoms with E-state index in [0.717, 1.165) is 0 Å². The van der Waals surface area contributed by atoms with Gasteiger partial charge in [0, 0.05) is 22.4 Å². The first-order chi connectivity index (χ1) is 19.0. The number of hydrogen-bond donors (Lipinski definition) is 4. The van der Waals surface area contributed by atoms with Gasteiger partial charge in [0.2, 0.25) is 0 Å². The summed E-state index contributed by atoms with van der Waals surface area (Å²) in [6, 6.07) is 25.1. The number of carbonyl (C=O) groups is 2. The van der Waals surface area contributed by atoms with Crippen LogP contribution in [0.3, 0.4) is 0 Å². The van der Waals surface area contributed by atoms with Crippen molar-refractivity contribution in [3.05, 3.63) is 96.1 Å². The molecule has 4 rings (SSSR count). The number of amides is 1. The van der Waals surface area contributed by atoms with E-state index in [9.17, 15) is 9.59 Å². The first-order valence-corrected chi connectivity index (χ1v) is 12.6. The number of amidine groups is 1. The van der Waals surface area contributed by atoms with E-state index in [1.54, 1.807) is 51.1 Å². The summed E-state index contributed by atoms with van der Waals surface area (Å²) in [5, 5.41) is 10.6. The lowest BCUT2D eigenvalue weighted by atomic mass is 10.00. The Morgan fingerprint density at radius 3 is 2.10 bits per heavy atom. The molecule has 0 saturated carbocycles. The number of nitrogen functional groups attached to an aromatic ring is 2. The third kappa shape index (κ3) is 7.02. The van der Waals surface area contributed by atoms with Crippen molar-refractivity contribution < 1.29 is 19.1 Å². The van der Waals surface area contributed by atoms with Gasteiger partial charge in [-0.2, -0.15) is 0 Å². The molecule has 0 aliphatic carbocycles. The smallest absolute Gasteiger partial charge is 0.325 e. The molecular weight excluding hydrogens is 506 g/mol. The summed E-state index contributed by atoms with van der Waals surface area (Å²) < 4.78 is 11.1. The van der Waals surface area contributed by atoms with Crippen LogP contribution in [-0.2, 0) is 9.53 Å². The maximum absolute atomic E-state index is 12.5. The first kappa shape index (κ1) is 27.8. The Labute approximate surface area is 232 Å². The topological polar surface area (TPSA) is 153 Å². The molecular formula is C31H31N5O4. The normalized spacial score (nSPS) is 11.0. The first-order valence-electron chi connectivity index (χ1n) is 12.6. The molecule has 0 aliphatic heterocycles. The Balaban J connectivity index is 1.56. The van der Waals surface area contributed by atoms with Gasteiger partial charge in [-0.25, -0.2) is 4.98 Å². The van der Waals surface area contributed by atoms with Crippen LogP contribution in [0.1, 0.15) is 36.7 Å². The zero-order valence-electron chi connectivity index (χ0n) is 22.5. The van der Waals surface area contributed by atoms with Crippen molar-refractivity contribution in [2.45, 2.75) is 26.4 Å². The molecule has 0 spiro atoms. The standard InChI is InChI=1S/C31H31N5O4/c1-31(2,3)40-26(37)18-35-30(38)21-11-9-19(10-12-21)25-17-24(32)27(29(33)34)28(36-25)20-13-15-23(16-14-20)39-22-7-5-4-6-8-22/h4-17H,18H2,1-3H3,(H2,32,36)(H3,33,34)(H,35,38). The summed E-state index contributed by atoms with van der Waals surface area (Å²) in [6.07, 6.45) is 0. The Hall–Kier alpha value is -5.18. The summed E-state index contributed by atoms with van der Waals surface area (Å²) in [4.78, 5) is 29.2. The van der Waals surface area contributed by atoms with Gasteiger partial charge in [-0.15, -0.1) is 0 Å². The number of anilines is 1. The predicted octanol–water partition coefficient (Wildman–Crippen LogP) is 5.15. The van der Waals surface area contributed by atoms with Crippen LogP contribution >= 0.6 is 0 Å². The number of esters is 1. The molecule has 40 heavy (non-hydrogen) atoms. The second-order valence-corrected chi connectivity index (χ2v) is 10.0. The van der Waals surface area contributed by atoms with Gasteiger partial charge in [-0.3, -0.25) is 15.0 Å². The maximum Gasteiger partial charge on any atom is 0.325 e. The predicted molar refractivity (Wildman–Crippen MR) is 155 cm³/mol. The van der Waals surface area contributed by atoms with Crippen molar-refractivity contribution in [3.63, 3.8) is 0 Å². The highest BCUT2D eigenvalue weighted by Gasteiger charge is 2.18. The average Bonchev–Trinajstić information content (AvgIpc) is 2.91. The van der Waals surface area contributed by atoms with Crippen molar-refractivity contribution in [1.29, 1.82) is 5.41 Å². The van der Waals surface area contributed by atoms with Crippen molar-refractivity contribution in [2.24, 2.45) is 5.73 Å². The molecule has 9 nitrogen and oxygen atoms in total. The fraction of sp³-hybridized carbons (Fsp3) is 0.161. The van der Waals surface area contributed by atoms with Crippen molar-refractivity contribution in [2.75, 3.05) is 12.3 Å². The molecule has 0 unspecified atom stereocenters. The molecule has 0 saturated heterocycles. The fourth-order valence-electron chi connectivity index (χ4n) is 3.93. The number of ether oxygens (including phenoxy) is 2. The number of nitrogens with zero attached hydrogens (tertiary/aromatic N) is 1. The minimum atomic E-state index is -0.632. The van der Waals surface area contributed by atoms with Gasteiger partial charge in [0.1, 0.15) is 29.5 Å². The second-order valence-electron chi connectivity index (χ2n) is 10.0. The molecule has 6 N–H and O–H groups in total. The van der Waals surface area contributed by atoms with Crippen LogP contribution in [0.25, 0.3) is 22.5 Å². The van der Waals surface area contributed by atoms with Crippen molar-refractivity contribution in [1.82, 2.24) is 10.3 Å². The van der Waals surface area contributed by atoms with Crippen LogP contribution in [-0.4, -0.2) is 34.8 Å². The molecule has 3 aromatic carbocycles. The monoisotopic (exact) mass is 537 g/mol.